The highest BCUT2D eigenvalue weighted by Gasteiger charge is 2.21. The summed E-state index contributed by atoms with van der Waals surface area (Å²) in [6, 6.07) is 6.52. The van der Waals surface area contributed by atoms with Gasteiger partial charge in [0.2, 0.25) is 0 Å². The fraction of sp³-hybridized carbons (Fsp3) is 0.333. The standard InChI is InChI=1S/C9H9BrClN/c10-7-3-1-2-6(9(7)11)8-4-5-12-8/h1-3,8,12H,4-5H2/t8-/m0/s1. The third-order valence-electron chi connectivity index (χ3n) is 2.18. The Hall–Kier alpha value is -0.0500. The van der Waals surface area contributed by atoms with Crippen molar-refractivity contribution in [2.24, 2.45) is 0 Å². The molecule has 1 saturated heterocycles. The van der Waals surface area contributed by atoms with Gasteiger partial charge in [0.25, 0.3) is 0 Å². The van der Waals surface area contributed by atoms with Crippen molar-refractivity contribution in [2.45, 2.75) is 12.5 Å². The molecule has 0 spiro atoms. The second-order valence-corrected chi connectivity index (χ2v) is 4.17. The molecule has 1 heterocycles. The summed E-state index contributed by atoms with van der Waals surface area (Å²) in [7, 11) is 0. The quantitative estimate of drug-likeness (QED) is 0.803. The van der Waals surface area contributed by atoms with Crippen molar-refractivity contribution in [1.29, 1.82) is 0 Å². The van der Waals surface area contributed by atoms with Crippen molar-refractivity contribution in [1.82, 2.24) is 5.32 Å². The number of halogens is 2. The van der Waals surface area contributed by atoms with Gasteiger partial charge in [-0.1, -0.05) is 23.7 Å². The first-order valence-electron chi connectivity index (χ1n) is 3.96. The van der Waals surface area contributed by atoms with Gasteiger partial charge < -0.3 is 5.32 Å². The first-order chi connectivity index (χ1) is 5.79. The summed E-state index contributed by atoms with van der Waals surface area (Å²) in [6.07, 6.45) is 1.19. The molecule has 12 heavy (non-hydrogen) atoms. The largest absolute Gasteiger partial charge is 0.310 e. The number of benzene rings is 1. The van der Waals surface area contributed by atoms with Gasteiger partial charge in [-0.3, -0.25) is 0 Å². The lowest BCUT2D eigenvalue weighted by atomic mass is 9.98. The van der Waals surface area contributed by atoms with Gasteiger partial charge in [-0.05, 0) is 40.5 Å². The van der Waals surface area contributed by atoms with E-state index in [1.807, 2.05) is 12.1 Å². The molecule has 1 fully saturated rings. The van der Waals surface area contributed by atoms with E-state index in [-0.39, 0.29) is 0 Å². The van der Waals surface area contributed by atoms with Crippen LogP contribution in [0.3, 0.4) is 0 Å². The average molecular weight is 247 g/mol. The summed E-state index contributed by atoms with van der Waals surface area (Å²) in [5, 5.41) is 4.17. The van der Waals surface area contributed by atoms with Crippen LogP contribution in [0.15, 0.2) is 22.7 Å². The summed E-state index contributed by atoms with van der Waals surface area (Å²) in [6.45, 7) is 1.10. The number of hydrogen-bond acceptors (Lipinski definition) is 1. The summed E-state index contributed by atoms with van der Waals surface area (Å²) < 4.78 is 0.982. The van der Waals surface area contributed by atoms with Gasteiger partial charge in [0, 0.05) is 10.5 Å². The summed E-state index contributed by atoms with van der Waals surface area (Å²) >= 11 is 9.52. The minimum Gasteiger partial charge on any atom is -0.310 e. The second-order valence-electron chi connectivity index (χ2n) is 2.94. The third kappa shape index (κ3) is 1.39. The Labute approximate surface area is 85.2 Å². The molecule has 0 saturated carbocycles. The third-order valence-corrected chi connectivity index (χ3v) is 3.49. The van der Waals surface area contributed by atoms with Crippen LogP contribution in [-0.2, 0) is 0 Å². The van der Waals surface area contributed by atoms with Crippen molar-refractivity contribution >= 4 is 27.5 Å². The zero-order valence-corrected chi connectivity index (χ0v) is 8.82. The normalized spacial score (nSPS) is 22.0. The molecule has 1 aromatic carbocycles. The molecule has 2 rings (SSSR count). The fourth-order valence-corrected chi connectivity index (χ4v) is 1.98. The lowest BCUT2D eigenvalue weighted by molar-refractivity contribution is 0.383. The van der Waals surface area contributed by atoms with E-state index in [9.17, 15) is 0 Å². The number of rotatable bonds is 1. The Morgan fingerprint density at radius 1 is 1.50 bits per heavy atom. The SMILES string of the molecule is Clc1c(Br)cccc1[C@@H]1CCN1. The minimum absolute atomic E-state index is 0.468. The predicted molar refractivity (Wildman–Crippen MR) is 54.5 cm³/mol. The molecule has 0 unspecified atom stereocenters. The molecule has 0 aromatic heterocycles. The number of nitrogens with one attached hydrogen (secondary N) is 1. The van der Waals surface area contributed by atoms with Crippen LogP contribution in [0.1, 0.15) is 18.0 Å². The molecule has 64 valence electrons. The van der Waals surface area contributed by atoms with E-state index in [0.29, 0.717) is 6.04 Å². The highest BCUT2D eigenvalue weighted by Crippen LogP contribution is 2.33. The van der Waals surface area contributed by atoms with E-state index in [1.165, 1.54) is 12.0 Å². The predicted octanol–water partition coefficient (Wildman–Crippen LogP) is 3.14. The van der Waals surface area contributed by atoms with Crippen molar-refractivity contribution in [3.8, 4) is 0 Å². The maximum absolute atomic E-state index is 6.11. The van der Waals surface area contributed by atoms with Crippen molar-refractivity contribution in [2.75, 3.05) is 6.54 Å². The monoisotopic (exact) mass is 245 g/mol. The van der Waals surface area contributed by atoms with E-state index in [4.69, 9.17) is 11.6 Å². The van der Waals surface area contributed by atoms with Gasteiger partial charge in [-0.2, -0.15) is 0 Å². The Balaban J connectivity index is 2.36. The van der Waals surface area contributed by atoms with Crippen LogP contribution >= 0.6 is 27.5 Å². The zero-order chi connectivity index (χ0) is 8.55. The molecule has 1 aliphatic heterocycles. The van der Waals surface area contributed by atoms with Crippen LogP contribution in [0.2, 0.25) is 5.02 Å². The molecule has 1 aliphatic rings. The lowest BCUT2D eigenvalue weighted by Crippen LogP contribution is -2.35. The molecule has 0 amide bonds. The highest BCUT2D eigenvalue weighted by atomic mass is 79.9. The van der Waals surface area contributed by atoms with Gasteiger partial charge >= 0.3 is 0 Å². The van der Waals surface area contributed by atoms with Crippen LogP contribution in [0, 0.1) is 0 Å². The van der Waals surface area contributed by atoms with Gasteiger partial charge in [-0.15, -0.1) is 0 Å². The van der Waals surface area contributed by atoms with Gasteiger partial charge in [0.1, 0.15) is 0 Å². The Morgan fingerprint density at radius 3 is 2.83 bits per heavy atom. The molecular formula is C9H9BrClN. The molecule has 1 aromatic rings. The van der Waals surface area contributed by atoms with E-state index >= 15 is 0 Å². The van der Waals surface area contributed by atoms with Gasteiger partial charge in [-0.25, -0.2) is 0 Å². The highest BCUT2D eigenvalue weighted by molar-refractivity contribution is 9.10. The molecule has 1 nitrogen and oxygen atoms in total. The summed E-state index contributed by atoms with van der Waals surface area (Å²) in [4.78, 5) is 0. The molecule has 3 heteroatoms. The molecule has 0 bridgehead atoms. The topological polar surface area (TPSA) is 12.0 Å². The molecule has 0 aliphatic carbocycles. The lowest BCUT2D eigenvalue weighted by Gasteiger charge is -2.28. The smallest absolute Gasteiger partial charge is 0.0595 e. The fourth-order valence-electron chi connectivity index (χ4n) is 1.34. The maximum atomic E-state index is 6.11. The molecular weight excluding hydrogens is 237 g/mol. The second kappa shape index (κ2) is 3.36. The van der Waals surface area contributed by atoms with Crippen LogP contribution in [-0.4, -0.2) is 6.54 Å². The van der Waals surface area contributed by atoms with Gasteiger partial charge in [0.15, 0.2) is 0 Å². The summed E-state index contributed by atoms with van der Waals surface area (Å²) in [5.41, 5.74) is 1.21. The van der Waals surface area contributed by atoms with Crippen LogP contribution in [0.25, 0.3) is 0 Å². The van der Waals surface area contributed by atoms with Crippen LogP contribution < -0.4 is 5.32 Å². The zero-order valence-electron chi connectivity index (χ0n) is 6.48. The van der Waals surface area contributed by atoms with Crippen molar-refractivity contribution in [3.05, 3.63) is 33.3 Å². The first-order valence-corrected chi connectivity index (χ1v) is 5.13. The Kier molecular flexibility index (Phi) is 2.40. The van der Waals surface area contributed by atoms with Crippen molar-refractivity contribution < 1.29 is 0 Å². The van der Waals surface area contributed by atoms with Crippen LogP contribution in [0.4, 0.5) is 0 Å². The van der Waals surface area contributed by atoms with Crippen molar-refractivity contribution in [3.63, 3.8) is 0 Å². The van der Waals surface area contributed by atoms with Crippen LogP contribution in [0.5, 0.6) is 0 Å². The summed E-state index contributed by atoms with van der Waals surface area (Å²) in [5.74, 6) is 0. The Morgan fingerprint density at radius 2 is 2.25 bits per heavy atom. The Bertz CT molecular complexity index is 297. The van der Waals surface area contributed by atoms with E-state index in [0.717, 1.165) is 16.0 Å². The minimum atomic E-state index is 0.468. The first kappa shape index (κ1) is 8.54. The van der Waals surface area contributed by atoms with E-state index in [2.05, 4.69) is 27.3 Å². The van der Waals surface area contributed by atoms with Gasteiger partial charge in [0.05, 0.1) is 5.02 Å². The molecule has 1 atom stereocenters. The number of hydrogen-bond donors (Lipinski definition) is 1. The maximum Gasteiger partial charge on any atom is 0.0595 e. The van der Waals surface area contributed by atoms with E-state index in [1.54, 1.807) is 0 Å². The van der Waals surface area contributed by atoms with E-state index < -0.39 is 0 Å². The molecule has 0 radical (unpaired) electrons. The average Bonchev–Trinajstić information content (AvgIpc) is 1.95. The molecule has 1 N–H and O–H groups in total.